The first-order valence-corrected chi connectivity index (χ1v) is 7.34. The zero-order valence-corrected chi connectivity index (χ0v) is 11.9. The van der Waals surface area contributed by atoms with Gasteiger partial charge in [-0.25, -0.2) is 4.98 Å². The van der Waals surface area contributed by atoms with Crippen LogP contribution in [0.3, 0.4) is 0 Å². The Morgan fingerprint density at radius 2 is 2.10 bits per heavy atom. The molecule has 0 bridgehead atoms. The van der Waals surface area contributed by atoms with Gasteiger partial charge in [-0.15, -0.1) is 0 Å². The fraction of sp³-hybridized carbons (Fsp3) is 0.643. The van der Waals surface area contributed by atoms with Gasteiger partial charge in [0.25, 0.3) is 0 Å². The number of aromatic nitrogens is 1. The fourth-order valence-corrected chi connectivity index (χ4v) is 2.54. The molecule has 20 heavy (non-hydrogen) atoms. The summed E-state index contributed by atoms with van der Waals surface area (Å²) >= 11 is 0. The molecule has 0 aliphatic heterocycles. The van der Waals surface area contributed by atoms with Gasteiger partial charge in [0.05, 0.1) is 4.92 Å². The van der Waals surface area contributed by atoms with Gasteiger partial charge in [-0.3, -0.25) is 10.1 Å². The Kier molecular flexibility index (Phi) is 5.15. The predicted octanol–water partition coefficient (Wildman–Crippen LogP) is 3.41. The number of anilines is 2. The molecule has 1 aromatic heterocycles. The first kappa shape index (κ1) is 14.6. The van der Waals surface area contributed by atoms with Crippen molar-refractivity contribution in [2.75, 3.05) is 23.7 Å². The van der Waals surface area contributed by atoms with Crippen molar-refractivity contribution >= 4 is 17.3 Å². The summed E-state index contributed by atoms with van der Waals surface area (Å²) in [6.07, 6.45) is 5.92. The van der Waals surface area contributed by atoms with Gasteiger partial charge in [-0.05, 0) is 31.2 Å². The van der Waals surface area contributed by atoms with Gasteiger partial charge < -0.3 is 10.6 Å². The summed E-state index contributed by atoms with van der Waals surface area (Å²) in [5, 5.41) is 17.4. The van der Waals surface area contributed by atoms with Crippen LogP contribution in [0, 0.1) is 16.0 Å². The first-order valence-electron chi connectivity index (χ1n) is 7.34. The summed E-state index contributed by atoms with van der Waals surface area (Å²) in [6, 6.07) is 3.18. The van der Waals surface area contributed by atoms with Crippen LogP contribution in [-0.4, -0.2) is 23.0 Å². The molecule has 1 heterocycles. The first-order chi connectivity index (χ1) is 9.70. The minimum atomic E-state index is -0.381. The molecule has 0 atom stereocenters. The molecule has 6 nitrogen and oxygen atoms in total. The van der Waals surface area contributed by atoms with Crippen molar-refractivity contribution in [1.82, 2.24) is 4.98 Å². The summed E-state index contributed by atoms with van der Waals surface area (Å²) in [7, 11) is 0. The highest BCUT2D eigenvalue weighted by Gasteiger charge is 2.19. The average Bonchev–Trinajstić information content (AvgIpc) is 2.96. The van der Waals surface area contributed by atoms with E-state index in [0.29, 0.717) is 17.6 Å². The largest absolute Gasteiger partial charge is 0.370 e. The molecule has 1 fully saturated rings. The Hall–Kier alpha value is -1.85. The van der Waals surface area contributed by atoms with Crippen LogP contribution in [0.25, 0.3) is 0 Å². The fourth-order valence-electron chi connectivity index (χ4n) is 2.54. The Labute approximate surface area is 119 Å². The molecule has 6 heteroatoms. The molecular weight excluding hydrogens is 256 g/mol. The molecule has 1 aromatic rings. The molecule has 0 unspecified atom stereocenters. The van der Waals surface area contributed by atoms with Crippen molar-refractivity contribution in [3.05, 3.63) is 22.2 Å². The van der Waals surface area contributed by atoms with Crippen LogP contribution in [0.1, 0.15) is 39.0 Å². The summed E-state index contributed by atoms with van der Waals surface area (Å²) < 4.78 is 0. The van der Waals surface area contributed by atoms with E-state index in [1.165, 1.54) is 31.7 Å². The average molecular weight is 278 g/mol. The van der Waals surface area contributed by atoms with Gasteiger partial charge in [-0.1, -0.05) is 19.8 Å². The Balaban J connectivity index is 2.06. The zero-order valence-electron chi connectivity index (χ0n) is 11.9. The summed E-state index contributed by atoms with van der Waals surface area (Å²) in [4.78, 5) is 15.0. The Morgan fingerprint density at radius 3 is 2.75 bits per heavy atom. The summed E-state index contributed by atoms with van der Waals surface area (Å²) in [5.41, 5.74) is 0.0463. The maximum atomic E-state index is 11.0. The van der Waals surface area contributed by atoms with Crippen LogP contribution in [-0.2, 0) is 0 Å². The topological polar surface area (TPSA) is 80.1 Å². The highest BCUT2D eigenvalue weighted by atomic mass is 16.6. The molecule has 2 rings (SSSR count). The van der Waals surface area contributed by atoms with E-state index in [0.717, 1.165) is 19.5 Å². The molecule has 0 aromatic carbocycles. The standard InChI is InChI=1S/C14H22N4O2/c1-2-9-15-13-8-7-12(18(19)20)14(17-13)16-10-11-5-3-4-6-11/h7-8,11H,2-6,9-10H2,1H3,(H2,15,16,17). The lowest BCUT2D eigenvalue weighted by molar-refractivity contribution is -0.384. The smallest absolute Gasteiger partial charge is 0.311 e. The van der Waals surface area contributed by atoms with Crippen molar-refractivity contribution in [3.63, 3.8) is 0 Å². The van der Waals surface area contributed by atoms with E-state index in [9.17, 15) is 10.1 Å². The molecule has 110 valence electrons. The third kappa shape index (κ3) is 3.82. The van der Waals surface area contributed by atoms with Gasteiger partial charge in [0.2, 0.25) is 5.82 Å². The summed E-state index contributed by atoms with van der Waals surface area (Å²) in [5.74, 6) is 1.68. The Bertz CT molecular complexity index is 458. The number of nitrogens with one attached hydrogen (secondary N) is 2. The van der Waals surface area contributed by atoms with Crippen molar-refractivity contribution in [2.45, 2.75) is 39.0 Å². The number of rotatable bonds is 7. The maximum absolute atomic E-state index is 11.0. The van der Waals surface area contributed by atoms with Gasteiger partial charge in [0.1, 0.15) is 5.82 Å². The minimum absolute atomic E-state index is 0.0463. The molecule has 1 aliphatic carbocycles. The highest BCUT2D eigenvalue weighted by Crippen LogP contribution is 2.28. The quantitative estimate of drug-likeness (QED) is 0.590. The van der Waals surface area contributed by atoms with E-state index in [2.05, 4.69) is 22.5 Å². The number of nitro groups is 1. The molecule has 0 saturated heterocycles. The van der Waals surface area contributed by atoms with Crippen LogP contribution >= 0.6 is 0 Å². The number of hydrogen-bond acceptors (Lipinski definition) is 5. The van der Waals surface area contributed by atoms with Crippen LogP contribution < -0.4 is 10.6 Å². The second kappa shape index (κ2) is 7.07. The van der Waals surface area contributed by atoms with Crippen molar-refractivity contribution in [3.8, 4) is 0 Å². The monoisotopic (exact) mass is 278 g/mol. The SMILES string of the molecule is CCCNc1ccc([N+](=O)[O-])c(NCC2CCCC2)n1. The third-order valence-electron chi connectivity index (χ3n) is 3.66. The lowest BCUT2D eigenvalue weighted by Crippen LogP contribution is -2.14. The zero-order chi connectivity index (χ0) is 14.4. The Morgan fingerprint density at radius 1 is 1.35 bits per heavy atom. The van der Waals surface area contributed by atoms with Crippen molar-refractivity contribution < 1.29 is 4.92 Å². The number of pyridine rings is 1. The summed E-state index contributed by atoms with van der Waals surface area (Å²) in [6.45, 7) is 3.65. The van der Waals surface area contributed by atoms with E-state index < -0.39 is 0 Å². The van der Waals surface area contributed by atoms with Crippen molar-refractivity contribution in [1.29, 1.82) is 0 Å². The van der Waals surface area contributed by atoms with Crippen LogP contribution in [0.5, 0.6) is 0 Å². The molecule has 2 N–H and O–H groups in total. The maximum Gasteiger partial charge on any atom is 0.311 e. The molecule has 0 spiro atoms. The molecular formula is C14H22N4O2. The number of nitrogens with zero attached hydrogens (tertiary/aromatic N) is 2. The van der Waals surface area contributed by atoms with Crippen molar-refractivity contribution in [2.24, 2.45) is 5.92 Å². The second-order valence-corrected chi connectivity index (χ2v) is 5.28. The minimum Gasteiger partial charge on any atom is -0.370 e. The third-order valence-corrected chi connectivity index (χ3v) is 3.66. The highest BCUT2D eigenvalue weighted by molar-refractivity contribution is 5.60. The van der Waals surface area contributed by atoms with E-state index >= 15 is 0 Å². The van der Waals surface area contributed by atoms with Gasteiger partial charge in [0, 0.05) is 19.2 Å². The van der Waals surface area contributed by atoms with E-state index in [1.807, 2.05) is 0 Å². The van der Waals surface area contributed by atoms with Gasteiger partial charge >= 0.3 is 5.69 Å². The molecule has 0 amide bonds. The molecule has 0 radical (unpaired) electrons. The van der Waals surface area contributed by atoms with Gasteiger partial charge in [0.15, 0.2) is 0 Å². The lowest BCUT2D eigenvalue weighted by Gasteiger charge is -2.12. The molecule has 1 saturated carbocycles. The van der Waals surface area contributed by atoms with Gasteiger partial charge in [-0.2, -0.15) is 0 Å². The normalized spacial score (nSPS) is 15.2. The van der Waals surface area contributed by atoms with Crippen LogP contribution in [0.2, 0.25) is 0 Å². The molecule has 1 aliphatic rings. The van der Waals surface area contributed by atoms with E-state index in [4.69, 9.17) is 0 Å². The predicted molar refractivity (Wildman–Crippen MR) is 80.1 cm³/mol. The number of hydrogen-bond donors (Lipinski definition) is 2. The van der Waals surface area contributed by atoms with E-state index in [1.54, 1.807) is 6.07 Å². The van der Waals surface area contributed by atoms with Crippen LogP contribution in [0.15, 0.2) is 12.1 Å². The van der Waals surface area contributed by atoms with Crippen LogP contribution in [0.4, 0.5) is 17.3 Å². The van der Waals surface area contributed by atoms with E-state index in [-0.39, 0.29) is 10.6 Å². The lowest BCUT2D eigenvalue weighted by atomic mass is 10.1. The second-order valence-electron chi connectivity index (χ2n) is 5.28.